The predicted molar refractivity (Wildman–Crippen MR) is 175 cm³/mol. The third-order valence-corrected chi connectivity index (χ3v) is 9.92. The Morgan fingerprint density at radius 1 is 0.884 bits per heavy atom. The lowest BCUT2D eigenvalue weighted by atomic mass is 9.68. The molecule has 0 saturated heterocycles. The van der Waals surface area contributed by atoms with Gasteiger partial charge in [0.15, 0.2) is 0 Å². The smallest absolute Gasteiger partial charge is 0.333 e. The number of unbranched alkanes of at least 4 members (excludes halogenated alkanes) is 2. The van der Waals surface area contributed by atoms with Gasteiger partial charge in [0.05, 0.1) is 19.3 Å². The minimum absolute atomic E-state index is 0.128. The number of aryl methyl sites for hydroxylation is 1. The van der Waals surface area contributed by atoms with E-state index in [9.17, 15) is 14.7 Å². The molecule has 0 aromatic heterocycles. The van der Waals surface area contributed by atoms with Crippen molar-refractivity contribution >= 4 is 11.9 Å². The van der Waals surface area contributed by atoms with Crippen LogP contribution in [0.25, 0.3) is 0 Å². The van der Waals surface area contributed by atoms with Gasteiger partial charge in [0.2, 0.25) is 0 Å². The largest absolute Gasteiger partial charge is 0.462 e. The fraction of sp³-hybridized carbons (Fsp3) is 0.684. The van der Waals surface area contributed by atoms with Crippen molar-refractivity contribution in [1.29, 1.82) is 0 Å². The van der Waals surface area contributed by atoms with Crippen molar-refractivity contribution in [3.05, 3.63) is 59.7 Å². The summed E-state index contributed by atoms with van der Waals surface area (Å²) in [5, 5.41) is 9.53. The molecule has 43 heavy (non-hydrogen) atoms. The summed E-state index contributed by atoms with van der Waals surface area (Å²) >= 11 is 0. The highest BCUT2D eigenvalue weighted by Crippen LogP contribution is 2.44. The van der Waals surface area contributed by atoms with Crippen LogP contribution in [0.1, 0.15) is 128 Å². The topological polar surface area (TPSA) is 72.8 Å². The molecule has 2 fully saturated rings. The average Bonchev–Trinajstić information content (AvgIpc) is 3.00. The van der Waals surface area contributed by atoms with Crippen LogP contribution in [0, 0.1) is 23.7 Å². The molecule has 2 aliphatic carbocycles. The molecular formula is C38H58O5. The highest BCUT2D eigenvalue weighted by atomic mass is 16.5. The first-order valence-corrected chi connectivity index (χ1v) is 17.1. The minimum Gasteiger partial charge on any atom is -0.462 e. The van der Waals surface area contributed by atoms with E-state index in [1.165, 1.54) is 88.2 Å². The summed E-state index contributed by atoms with van der Waals surface area (Å²) in [5.74, 6) is 2.45. The van der Waals surface area contributed by atoms with Crippen molar-refractivity contribution in [3.8, 4) is 0 Å². The molecular weight excluding hydrogens is 536 g/mol. The van der Waals surface area contributed by atoms with Crippen molar-refractivity contribution < 1.29 is 24.2 Å². The summed E-state index contributed by atoms with van der Waals surface area (Å²) in [6.07, 6.45) is 17.9. The van der Waals surface area contributed by atoms with Crippen LogP contribution in [-0.4, -0.2) is 36.4 Å². The van der Waals surface area contributed by atoms with E-state index in [0.29, 0.717) is 17.9 Å². The molecule has 1 N–H and O–H groups in total. The third-order valence-electron chi connectivity index (χ3n) is 9.92. The van der Waals surface area contributed by atoms with Crippen LogP contribution in [-0.2, 0) is 25.5 Å². The van der Waals surface area contributed by atoms with Crippen LogP contribution in [0.3, 0.4) is 0 Å². The van der Waals surface area contributed by atoms with Gasteiger partial charge in [-0.15, -0.1) is 0 Å². The SMILES string of the molecule is C=C(C)C(=O)OCC(CCc1ccc(C2CCC(C3CCC(CCCCC)CC3)CC2)cc1)COC(=O)C(=C)CC(C)O. The first kappa shape index (κ1) is 35.1. The zero-order chi connectivity index (χ0) is 31.2. The maximum absolute atomic E-state index is 12.3. The van der Waals surface area contributed by atoms with Gasteiger partial charge in [-0.3, -0.25) is 0 Å². The lowest BCUT2D eigenvalue weighted by molar-refractivity contribution is -0.144. The van der Waals surface area contributed by atoms with E-state index in [4.69, 9.17) is 9.47 Å². The molecule has 0 bridgehead atoms. The van der Waals surface area contributed by atoms with Gasteiger partial charge < -0.3 is 14.6 Å². The Labute approximate surface area is 261 Å². The summed E-state index contributed by atoms with van der Waals surface area (Å²) in [7, 11) is 0. The van der Waals surface area contributed by atoms with Gasteiger partial charge >= 0.3 is 11.9 Å². The van der Waals surface area contributed by atoms with Gasteiger partial charge in [-0.2, -0.15) is 0 Å². The number of aliphatic hydroxyl groups excluding tert-OH is 1. The van der Waals surface area contributed by atoms with E-state index in [2.05, 4.69) is 44.3 Å². The Balaban J connectivity index is 1.44. The standard InChI is InChI=1S/C38H58O5/c1-6-7-8-9-30-12-16-33(17-13-30)35-20-22-36(23-21-35)34-18-14-31(15-19-34)10-11-32(25-42-37(40)27(2)3)26-43-38(41)28(4)24-29(5)39/h14-15,18-19,29-30,32-33,35-36,39H,2,4,6-13,16-17,20-26H2,1,3,5H3. The Kier molecular flexibility index (Phi) is 15.0. The minimum atomic E-state index is -0.657. The van der Waals surface area contributed by atoms with Crippen LogP contribution < -0.4 is 0 Å². The summed E-state index contributed by atoms with van der Waals surface area (Å²) in [4.78, 5) is 24.3. The average molecular weight is 595 g/mol. The van der Waals surface area contributed by atoms with Crippen molar-refractivity contribution in [2.24, 2.45) is 23.7 Å². The number of rotatable bonds is 17. The molecule has 0 spiro atoms. The number of aliphatic hydroxyl groups is 1. The number of benzene rings is 1. The molecule has 0 heterocycles. The van der Waals surface area contributed by atoms with Crippen LogP contribution in [0.2, 0.25) is 0 Å². The van der Waals surface area contributed by atoms with Crippen molar-refractivity contribution in [2.75, 3.05) is 13.2 Å². The third kappa shape index (κ3) is 12.3. The second-order valence-electron chi connectivity index (χ2n) is 13.7. The van der Waals surface area contributed by atoms with Crippen LogP contribution in [0.4, 0.5) is 0 Å². The van der Waals surface area contributed by atoms with Crippen molar-refractivity contribution in [3.63, 3.8) is 0 Å². The van der Waals surface area contributed by atoms with E-state index in [-0.39, 0.29) is 31.1 Å². The number of hydrogen-bond acceptors (Lipinski definition) is 5. The maximum atomic E-state index is 12.3. The zero-order valence-electron chi connectivity index (χ0n) is 27.3. The summed E-state index contributed by atoms with van der Waals surface area (Å²) in [6.45, 7) is 13.2. The maximum Gasteiger partial charge on any atom is 0.333 e. The summed E-state index contributed by atoms with van der Waals surface area (Å²) < 4.78 is 10.9. The lowest BCUT2D eigenvalue weighted by Crippen LogP contribution is -2.25. The number of carbonyl (C=O) groups is 2. The Hall–Kier alpha value is -2.40. The van der Waals surface area contributed by atoms with Crippen molar-refractivity contribution in [1.82, 2.24) is 0 Å². The quantitative estimate of drug-likeness (QED) is 0.111. The molecule has 0 amide bonds. The monoisotopic (exact) mass is 594 g/mol. The zero-order valence-corrected chi connectivity index (χ0v) is 27.3. The number of ether oxygens (including phenoxy) is 2. The molecule has 240 valence electrons. The molecule has 5 heteroatoms. The van der Waals surface area contributed by atoms with Gasteiger partial charge in [0.25, 0.3) is 0 Å². The van der Waals surface area contributed by atoms with Crippen LogP contribution >= 0.6 is 0 Å². The van der Waals surface area contributed by atoms with Gasteiger partial charge in [0.1, 0.15) is 0 Å². The molecule has 2 atom stereocenters. The molecule has 2 saturated carbocycles. The molecule has 5 nitrogen and oxygen atoms in total. The van der Waals surface area contributed by atoms with Gasteiger partial charge in [-0.25, -0.2) is 9.59 Å². The summed E-state index contributed by atoms with van der Waals surface area (Å²) in [6, 6.07) is 9.07. The van der Waals surface area contributed by atoms with E-state index in [1.807, 2.05) is 0 Å². The molecule has 1 aromatic carbocycles. The van der Waals surface area contributed by atoms with E-state index in [1.54, 1.807) is 13.8 Å². The van der Waals surface area contributed by atoms with Gasteiger partial charge in [-0.1, -0.05) is 82.9 Å². The summed E-state index contributed by atoms with van der Waals surface area (Å²) in [5.41, 5.74) is 3.27. The fourth-order valence-corrected chi connectivity index (χ4v) is 7.15. The molecule has 1 aromatic rings. The Morgan fingerprint density at radius 3 is 2.02 bits per heavy atom. The van der Waals surface area contributed by atoms with E-state index in [0.717, 1.165) is 24.2 Å². The second-order valence-corrected chi connectivity index (χ2v) is 13.7. The number of carbonyl (C=O) groups excluding carboxylic acids is 2. The molecule has 0 radical (unpaired) electrons. The Bertz CT molecular complexity index is 1010. The fourth-order valence-electron chi connectivity index (χ4n) is 7.15. The molecule has 0 aliphatic heterocycles. The predicted octanol–water partition coefficient (Wildman–Crippen LogP) is 8.89. The normalized spacial score (nSPS) is 23.6. The first-order valence-electron chi connectivity index (χ1n) is 17.1. The molecule has 2 aliphatic rings. The molecule has 2 unspecified atom stereocenters. The molecule has 3 rings (SSSR count). The number of esters is 2. The van der Waals surface area contributed by atoms with Crippen LogP contribution in [0.5, 0.6) is 0 Å². The van der Waals surface area contributed by atoms with E-state index >= 15 is 0 Å². The van der Waals surface area contributed by atoms with Gasteiger partial charge in [-0.05, 0) is 100 Å². The highest BCUT2D eigenvalue weighted by Gasteiger charge is 2.31. The second kappa shape index (κ2) is 18.4. The lowest BCUT2D eigenvalue weighted by Gasteiger charge is -2.38. The van der Waals surface area contributed by atoms with Crippen LogP contribution in [0.15, 0.2) is 48.6 Å². The number of hydrogen-bond donors (Lipinski definition) is 1. The van der Waals surface area contributed by atoms with Gasteiger partial charge in [0, 0.05) is 23.5 Å². The van der Waals surface area contributed by atoms with E-state index < -0.39 is 18.0 Å². The Morgan fingerprint density at radius 2 is 1.47 bits per heavy atom. The first-order chi connectivity index (χ1) is 20.7. The highest BCUT2D eigenvalue weighted by molar-refractivity contribution is 5.88. The van der Waals surface area contributed by atoms with Crippen molar-refractivity contribution in [2.45, 2.75) is 129 Å².